The second kappa shape index (κ2) is 9.00. The standard InChI is InChI=1S/C26H21NO6/c1-2-33-26(32)18-11-6-12-19(14-18)27-22(17-10-7-13-20(28)15-17)21(24(30)25(27)31)23(29)16-8-4-3-5-9-16/h3-15,22,28-29H,2H2,1H3/b23-21+. The molecule has 0 saturated carbocycles. The molecule has 7 heteroatoms. The Balaban J connectivity index is 1.92. The summed E-state index contributed by atoms with van der Waals surface area (Å²) in [6.07, 6.45) is 0. The number of ether oxygens (including phenoxy) is 1. The van der Waals surface area contributed by atoms with Gasteiger partial charge < -0.3 is 14.9 Å². The summed E-state index contributed by atoms with van der Waals surface area (Å²) in [6, 6.07) is 19.7. The van der Waals surface area contributed by atoms with Gasteiger partial charge >= 0.3 is 5.97 Å². The van der Waals surface area contributed by atoms with Crippen molar-refractivity contribution in [3.63, 3.8) is 0 Å². The monoisotopic (exact) mass is 443 g/mol. The number of Topliss-reactive ketones (excluding diaryl/α,β-unsaturated/α-hetero) is 1. The molecule has 166 valence electrons. The number of esters is 1. The number of benzene rings is 3. The second-order valence-corrected chi connectivity index (χ2v) is 7.40. The fourth-order valence-electron chi connectivity index (χ4n) is 3.86. The van der Waals surface area contributed by atoms with E-state index in [0.29, 0.717) is 11.1 Å². The summed E-state index contributed by atoms with van der Waals surface area (Å²) < 4.78 is 5.05. The third-order valence-corrected chi connectivity index (χ3v) is 5.31. The van der Waals surface area contributed by atoms with Crippen LogP contribution in [0.4, 0.5) is 5.69 Å². The minimum Gasteiger partial charge on any atom is -0.508 e. The minimum atomic E-state index is -1.02. The average Bonchev–Trinajstić information content (AvgIpc) is 3.10. The van der Waals surface area contributed by atoms with E-state index >= 15 is 0 Å². The number of carbonyl (C=O) groups is 3. The number of aromatic hydroxyl groups is 1. The SMILES string of the molecule is CCOC(=O)c1cccc(N2C(=O)C(=O)/C(=C(/O)c3ccccc3)C2c2cccc(O)c2)c1. The summed E-state index contributed by atoms with van der Waals surface area (Å²) in [4.78, 5) is 39.8. The van der Waals surface area contributed by atoms with E-state index in [9.17, 15) is 24.6 Å². The van der Waals surface area contributed by atoms with Crippen LogP contribution in [0.2, 0.25) is 0 Å². The van der Waals surface area contributed by atoms with Gasteiger partial charge in [-0.15, -0.1) is 0 Å². The Bertz CT molecular complexity index is 1260. The van der Waals surface area contributed by atoms with Crippen molar-refractivity contribution in [1.29, 1.82) is 0 Å². The molecule has 3 aromatic carbocycles. The normalized spacial score (nSPS) is 17.2. The van der Waals surface area contributed by atoms with E-state index in [2.05, 4.69) is 0 Å². The number of carbonyl (C=O) groups excluding carboxylic acids is 3. The third-order valence-electron chi connectivity index (χ3n) is 5.31. The number of aliphatic hydroxyl groups excluding tert-OH is 1. The van der Waals surface area contributed by atoms with Crippen LogP contribution in [-0.2, 0) is 14.3 Å². The predicted molar refractivity (Wildman–Crippen MR) is 122 cm³/mol. The lowest BCUT2D eigenvalue weighted by atomic mass is 9.95. The molecule has 1 unspecified atom stereocenters. The number of hydrogen-bond acceptors (Lipinski definition) is 6. The van der Waals surface area contributed by atoms with Crippen LogP contribution in [0.15, 0.2) is 84.4 Å². The van der Waals surface area contributed by atoms with Gasteiger partial charge in [0.1, 0.15) is 11.5 Å². The number of aliphatic hydroxyl groups is 1. The highest BCUT2D eigenvalue weighted by molar-refractivity contribution is 6.51. The fraction of sp³-hybridized carbons (Fsp3) is 0.115. The molecule has 1 heterocycles. The number of anilines is 1. The van der Waals surface area contributed by atoms with Gasteiger partial charge in [-0.3, -0.25) is 14.5 Å². The van der Waals surface area contributed by atoms with Gasteiger partial charge in [-0.25, -0.2) is 4.79 Å². The molecular weight excluding hydrogens is 422 g/mol. The molecular formula is C26H21NO6. The zero-order chi connectivity index (χ0) is 23.5. The van der Waals surface area contributed by atoms with Gasteiger partial charge in [0.15, 0.2) is 0 Å². The predicted octanol–water partition coefficient (Wildman–Crippen LogP) is 4.20. The van der Waals surface area contributed by atoms with Crippen molar-refractivity contribution in [2.45, 2.75) is 13.0 Å². The zero-order valence-corrected chi connectivity index (χ0v) is 17.8. The molecule has 1 atom stereocenters. The molecule has 4 rings (SSSR count). The number of rotatable bonds is 5. The van der Waals surface area contributed by atoms with E-state index in [1.54, 1.807) is 67.6 Å². The Morgan fingerprint density at radius 1 is 0.939 bits per heavy atom. The quantitative estimate of drug-likeness (QED) is 0.265. The molecule has 0 radical (unpaired) electrons. The van der Waals surface area contributed by atoms with Gasteiger partial charge in [-0.1, -0.05) is 48.5 Å². The van der Waals surface area contributed by atoms with Crippen LogP contribution in [0.3, 0.4) is 0 Å². The van der Waals surface area contributed by atoms with Crippen LogP contribution in [0.5, 0.6) is 5.75 Å². The lowest BCUT2D eigenvalue weighted by Crippen LogP contribution is -2.29. The molecule has 1 aliphatic heterocycles. The number of phenolic OH excluding ortho intramolecular Hbond substituents is 1. The number of ketones is 1. The summed E-state index contributed by atoms with van der Waals surface area (Å²) in [5.74, 6) is -2.67. The van der Waals surface area contributed by atoms with Gasteiger partial charge in [-0.2, -0.15) is 0 Å². The molecule has 1 saturated heterocycles. The van der Waals surface area contributed by atoms with Crippen molar-refractivity contribution >= 4 is 29.1 Å². The van der Waals surface area contributed by atoms with Gasteiger partial charge in [0.25, 0.3) is 11.7 Å². The summed E-state index contributed by atoms with van der Waals surface area (Å²) >= 11 is 0. The summed E-state index contributed by atoms with van der Waals surface area (Å²) in [7, 11) is 0. The summed E-state index contributed by atoms with van der Waals surface area (Å²) in [5, 5.41) is 21.1. The topological polar surface area (TPSA) is 104 Å². The van der Waals surface area contributed by atoms with Gasteiger partial charge in [0.05, 0.1) is 23.8 Å². The molecule has 3 aromatic rings. The van der Waals surface area contributed by atoms with Gasteiger partial charge in [0.2, 0.25) is 0 Å². The molecule has 0 spiro atoms. The molecule has 2 N–H and O–H groups in total. The summed E-state index contributed by atoms with van der Waals surface area (Å²) in [6.45, 7) is 1.87. The number of hydrogen-bond donors (Lipinski definition) is 2. The van der Waals surface area contributed by atoms with Crippen molar-refractivity contribution < 1.29 is 29.3 Å². The van der Waals surface area contributed by atoms with Crippen LogP contribution in [-0.4, -0.2) is 34.5 Å². The van der Waals surface area contributed by atoms with Crippen molar-refractivity contribution in [3.8, 4) is 5.75 Å². The van der Waals surface area contributed by atoms with Crippen molar-refractivity contribution in [2.24, 2.45) is 0 Å². The average molecular weight is 443 g/mol. The molecule has 7 nitrogen and oxygen atoms in total. The number of phenols is 1. The molecule has 0 aromatic heterocycles. The first-order valence-electron chi connectivity index (χ1n) is 10.3. The Hall–Kier alpha value is -4.39. The van der Waals surface area contributed by atoms with Gasteiger partial charge in [0, 0.05) is 11.3 Å². The van der Waals surface area contributed by atoms with E-state index in [1.165, 1.54) is 23.1 Å². The Morgan fingerprint density at radius 2 is 1.64 bits per heavy atom. The number of nitrogens with zero attached hydrogens (tertiary/aromatic N) is 1. The Labute approximate surface area is 190 Å². The maximum Gasteiger partial charge on any atom is 0.338 e. The largest absolute Gasteiger partial charge is 0.508 e. The van der Waals surface area contributed by atoms with E-state index < -0.39 is 23.7 Å². The maximum absolute atomic E-state index is 13.2. The lowest BCUT2D eigenvalue weighted by Gasteiger charge is -2.26. The zero-order valence-electron chi connectivity index (χ0n) is 17.8. The molecule has 0 bridgehead atoms. The van der Waals surface area contributed by atoms with Crippen LogP contribution < -0.4 is 4.90 Å². The van der Waals surface area contributed by atoms with E-state index in [-0.39, 0.29) is 34.9 Å². The highest BCUT2D eigenvalue weighted by Gasteiger charge is 2.47. The first-order valence-corrected chi connectivity index (χ1v) is 10.3. The molecule has 33 heavy (non-hydrogen) atoms. The highest BCUT2D eigenvalue weighted by atomic mass is 16.5. The lowest BCUT2D eigenvalue weighted by molar-refractivity contribution is -0.132. The van der Waals surface area contributed by atoms with E-state index in [1.807, 2.05) is 0 Å². The smallest absolute Gasteiger partial charge is 0.338 e. The first-order chi connectivity index (χ1) is 15.9. The van der Waals surface area contributed by atoms with Gasteiger partial charge in [-0.05, 0) is 42.8 Å². The maximum atomic E-state index is 13.2. The van der Waals surface area contributed by atoms with Crippen molar-refractivity contribution in [2.75, 3.05) is 11.5 Å². The van der Waals surface area contributed by atoms with Crippen LogP contribution >= 0.6 is 0 Å². The van der Waals surface area contributed by atoms with E-state index in [0.717, 1.165) is 0 Å². The fourth-order valence-corrected chi connectivity index (χ4v) is 3.86. The highest BCUT2D eigenvalue weighted by Crippen LogP contribution is 2.42. The Morgan fingerprint density at radius 3 is 2.33 bits per heavy atom. The molecule has 1 aliphatic rings. The number of amides is 1. The Kier molecular flexibility index (Phi) is 5.95. The van der Waals surface area contributed by atoms with Crippen LogP contribution in [0.1, 0.15) is 34.5 Å². The molecule has 0 aliphatic carbocycles. The third kappa shape index (κ3) is 4.08. The molecule has 1 amide bonds. The van der Waals surface area contributed by atoms with Crippen molar-refractivity contribution in [1.82, 2.24) is 0 Å². The minimum absolute atomic E-state index is 0.0573. The first kappa shape index (κ1) is 21.8. The molecule has 1 fully saturated rings. The van der Waals surface area contributed by atoms with Crippen LogP contribution in [0, 0.1) is 0 Å². The van der Waals surface area contributed by atoms with Crippen LogP contribution in [0.25, 0.3) is 5.76 Å². The second-order valence-electron chi connectivity index (χ2n) is 7.40. The summed E-state index contributed by atoms with van der Waals surface area (Å²) in [5.41, 5.74) is 1.18. The van der Waals surface area contributed by atoms with E-state index in [4.69, 9.17) is 4.74 Å². The van der Waals surface area contributed by atoms with Crippen molar-refractivity contribution in [3.05, 3.63) is 101 Å².